The molecule has 0 saturated carbocycles. The molecule has 2 aromatic rings. The first kappa shape index (κ1) is 16.4. The minimum Gasteiger partial charge on any atom is -0.385 e. The van der Waals surface area contributed by atoms with Crippen LogP contribution in [0.3, 0.4) is 0 Å². The van der Waals surface area contributed by atoms with Crippen LogP contribution in [0.15, 0.2) is 48.5 Å². The lowest BCUT2D eigenvalue weighted by atomic mass is 10.2. The van der Waals surface area contributed by atoms with Gasteiger partial charge in [0, 0.05) is 24.5 Å². The monoisotopic (exact) mass is 304 g/mol. The highest BCUT2D eigenvalue weighted by atomic mass is 14.9. The van der Waals surface area contributed by atoms with Crippen molar-refractivity contribution >= 4 is 11.4 Å². The van der Waals surface area contributed by atoms with Gasteiger partial charge >= 0.3 is 0 Å². The summed E-state index contributed by atoms with van der Waals surface area (Å²) in [6.45, 7) is 1.87. The second-order valence-corrected chi connectivity index (χ2v) is 5.29. The van der Waals surface area contributed by atoms with E-state index in [0.717, 1.165) is 43.7 Å². The molecule has 0 unspecified atom stereocenters. The molecule has 23 heavy (non-hydrogen) atoms. The fourth-order valence-corrected chi connectivity index (χ4v) is 2.22. The van der Waals surface area contributed by atoms with Crippen LogP contribution in [0.2, 0.25) is 0 Å². The smallest absolute Gasteiger partial charge is 0.0991 e. The molecule has 0 aliphatic heterocycles. The fourth-order valence-electron chi connectivity index (χ4n) is 2.22. The van der Waals surface area contributed by atoms with Crippen molar-refractivity contribution in [3.8, 4) is 12.1 Å². The molecule has 0 atom stereocenters. The van der Waals surface area contributed by atoms with Gasteiger partial charge in [0.15, 0.2) is 0 Å². The van der Waals surface area contributed by atoms with Crippen molar-refractivity contribution < 1.29 is 0 Å². The lowest BCUT2D eigenvalue weighted by Gasteiger charge is -2.08. The molecule has 0 aliphatic carbocycles. The Morgan fingerprint density at radius 3 is 1.35 bits per heavy atom. The van der Waals surface area contributed by atoms with E-state index in [0.29, 0.717) is 11.1 Å². The maximum absolute atomic E-state index is 8.74. The van der Waals surface area contributed by atoms with Crippen LogP contribution < -0.4 is 10.6 Å². The Labute approximate surface area is 137 Å². The van der Waals surface area contributed by atoms with Crippen LogP contribution in [0, 0.1) is 22.7 Å². The van der Waals surface area contributed by atoms with Crippen molar-refractivity contribution in [2.24, 2.45) is 0 Å². The zero-order valence-corrected chi connectivity index (χ0v) is 13.0. The number of anilines is 2. The van der Waals surface area contributed by atoms with Gasteiger partial charge in [0.25, 0.3) is 0 Å². The first-order valence-corrected chi connectivity index (χ1v) is 7.80. The van der Waals surface area contributed by atoms with E-state index in [4.69, 9.17) is 10.5 Å². The van der Waals surface area contributed by atoms with E-state index in [9.17, 15) is 0 Å². The van der Waals surface area contributed by atoms with Gasteiger partial charge < -0.3 is 10.6 Å². The van der Waals surface area contributed by atoms with Gasteiger partial charge in [-0.3, -0.25) is 0 Å². The predicted octanol–water partition coefficient (Wildman–Crippen LogP) is 4.12. The molecule has 2 aromatic carbocycles. The Balaban J connectivity index is 1.55. The minimum atomic E-state index is 0.685. The summed E-state index contributed by atoms with van der Waals surface area (Å²) in [6.07, 6.45) is 3.36. The van der Waals surface area contributed by atoms with Crippen LogP contribution in [0.25, 0.3) is 0 Å². The van der Waals surface area contributed by atoms with E-state index in [1.807, 2.05) is 48.5 Å². The van der Waals surface area contributed by atoms with Crippen molar-refractivity contribution in [3.63, 3.8) is 0 Å². The lowest BCUT2D eigenvalue weighted by Crippen LogP contribution is -2.04. The van der Waals surface area contributed by atoms with E-state index in [-0.39, 0.29) is 0 Å². The molecule has 0 aromatic heterocycles. The molecule has 0 fully saturated rings. The molecular weight excluding hydrogens is 284 g/mol. The first-order chi connectivity index (χ1) is 11.3. The Bertz CT molecular complexity index is 614. The zero-order chi connectivity index (χ0) is 16.3. The maximum Gasteiger partial charge on any atom is 0.0991 e. The Kier molecular flexibility index (Phi) is 6.50. The van der Waals surface area contributed by atoms with Crippen LogP contribution in [0.1, 0.15) is 30.4 Å². The third-order valence-electron chi connectivity index (χ3n) is 3.54. The van der Waals surface area contributed by atoms with Gasteiger partial charge in [-0.25, -0.2) is 0 Å². The Morgan fingerprint density at radius 2 is 1.00 bits per heavy atom. The lowest BCUT2D eigenvalue weighted by molar-refractivity contribution is 0.721. The fraction of sp³-hybridized carbons (Fsp3) is 0.263. The number of nitriles is 2. The SMILES string of the molecule is N#Cc1ccc(NCCCCCNc2ccc(C#N)cc2)cc1. The molecule has 4 nitrogen and oxygen atoms in total. The van der Waals surface area contributed by atoms with Crippen LogP contribution in [0.5, 0.6) is 0 Å². The van der Waals surface area contributed by atoms with Gasteiger partial charge in [-0.1, -0.05) is 0 Å². The van der Waals surface area contributed by atoms with E-state index in [2.05, 4.69) is 22.8 Å². The van der Waals surface area contributed by atoms with Gasteiger partial charge in [-0.2, -0.15) is 10.5 Å². The first-order valence-electron chi connectivity index (χ1n) is 7.80. The normalized spacial score (nSPS) is 9.65. The van der Waals surface area contributed by atoms with Crippen molar-refractivity contribution in [2.75, 3.05) is 23.7 Å². The Morgan fingerprint density at radius 1 is 0.609 bits per heavy atom. The minimum absolute atomic E-state index is 0.685. The quantitative estimate of drug-likeness (QED) is 0.719. The largest absolute Gasteiger partial charge is 0.385 e. The van der Waals surface area contributed by atoms with E-state index < -0.39 is 0 Å². The highest BCUT2D eigenvalue weighted by molar-refractivity contribution is 5.47. The van der Waals surface area contributed by atoms with Crippen molar-refractivity contribution in [3.05, 3.63) is 59.7 Å². The summed E-state index contributed by atoms with van der Waals surface area (Å²) in [5.74, 6) is 0. The highest BCUT2D eigenvalue weighted by Gasteiger charge is 1.95. The third kappa shape index (κ3) is 5.73. The molecular formula is C19H20N4. The molecule has 0 aliphatic rings. The van der Waals surface area contributed by atoms with Crippen molar-refractivity contribution in [2.45, 2.75) is 19.3 Å². The third-order valence-corrected chi connectivity index (χ3v) is 3.54. The van der Waals surface area contributed by atoms with Crippen molar-refractivity contribution in [1.29, 1.82) is 10.5 Å². The number of unbranched alkanes of at least 4 members (excludes halogenated alkanes) is 2. The summed E-state index contributed by atoms with van der Waals surface area (Å²) in [4.78, 5) is 0. The van der Waals surface area contributed by atoms with E-state index in [1.54, 1.807) is 0 Å². The molecule has 0 spiro atoms. The molecule has 0 radical (unpaired) electrons. The molecule has 2 N–H and O–H groups in total. The molecule has 0 bridgehead atoms. The molecule has 0 amide bonds. The zero-order valence-electron chi connectivity index (χ0n) is 13.0. The number of rotatable bonds is 8. The molecule has 0 saturated heterocycles. The van der Waals surface area contributed by atoms with Gasteiger partial charge in [0.2, 0.25) is 0 Å². The topological polar surface area (TPSA) is 71.6 Å². The van der Waals surface area contributed by atoms with Gasteiger partial charge in [-0.05, 0) is 67.8 Å². The number of nitrogens with one attached hydrogen (secondary N) is 2. The van der Waals surface area contributed by atoms with Crippen LogP contribution >= 0.6 is 0 Å². The van der Waals surface area contributed by atoms with Gasteiger partial charge in [0.05, 0.1) is 23.3 Å². The average Bonchev–Trinajstić information content (AvgIpc) is 2.62. The van der Waals surface area contributed by atoms with E-state index in [1.165, 1.54) is 0 Å². The number of hydrogen-bond donors (Lipinski definition) is 2. The van der Waals surface area contributed by atoms with Crippen LogP contribution in [0.4, 0.5) is 11.4 Å². The highest BCUT2D eigenvalue weighted by Crippen LogP contribution is 2.10. The molecule has 2 rings (SSSR count). The average molecular weight is 304 g/mol. The van der Waals surface area contributed by atoms with Crippen LogP contribution in [-0.4, -0.2) is 13.1 Å². The summed E-state index contributed by atoms with van der Waals surface area (Å²) in [6, 6.07) is 19.3. The summed E-state index contributed by atoms with van der Waals surface area (Å²) in [7, 11) is 0. The summed E-state index contributed by atoms with van der Waals surface area (Å²) in [5.41, 5.74) is 3.48. The van der Waals surface area contributed by atoms with Gasteiger partial charge in [-0.15, -0.1) is 0 Å². The Hall–Kier alpha value is -2.98. The molecule has 0 heterocycles. The summed E-state index contributed by atoms with van der Waals surface area (Å²) in [5, 5.41) is 24.2. The summed E-state index contributed by atoms with van der Waals surface area (Å²) < 4.78 is 0. The maximum atomic E-state index is 8.74. The number of nitrogens with zero attached hydrogens (tertiary/aromatic N) is 2. The van der Waals surface area contributed by atoms with Crippen molar-refractivity contribution in [1.82, 2.24) is 0 Å². The second kappa shape index (κ2) is 9.12. The van der Waals surface area contributed by atoms with Gasteiger partial charge in [0.1, 0.15) is 0 Å². The predicted molar refractivity (Wildman–Crippen MR) is 93.1 cm³/mol. The standard InChI is InChI=1S/C19H20N4/c20-14-16-4-8-18(9-5-16)22-12-2-1-3-13-23-19-10-6-17(15-21)7-11-19/h4-11,22-23H,1-3,12-13H2. The molecule has 116 valence electrons. The summed E-state index contributed by atoms with van der Waals surface area (Å²) >= 11 is 0. The number of benzene rings is 2. The number of hydrogen-bond acceptors (Lipinski definition) is 4. The molecule has 4 heteroatoms. The second-order valence-electron chi connectivity index (χ2n) is 5.29. The van der Waals surface area contributed by atoms with Crippen LogP contribution in [-0.2, 0) is 0 Å². The van der Waals surface area contributed by atoms with E-state index >= 15 is 0 Å².